The highest BCUT2D eigenvalue weighted by molar-refractivity contribution is 9.10. The average molecular weight is 279 g/mol. The minimum atomic E-state index is 0.661. The summed E-state index contributed by atoms with van der Waals surface area (Å²) in [5.41, 5.74) is 3.56. The van der Waals surface area contributed by atoms with Crippen molar-refractivity contribution < 1.29 is 0 Å². The van der Waals surface area contributed by atoms with Gasteiger partial charge in [0.2, 0.25) is 0 Å². The first-order valence-corrected chi connectivity index (χ1v) is 6.70. The highest BCUT2D eigenvalue weighted by atomic mass is 79.9. The van der Waals surface area contributed by atoms with E-state index in [1.165, 1.54) is 37.1 Å². The van der Waals surface area contributed by atoms with Crippen molar-refractivity contribution in [1.29, 1.82) is 0 Å². The first kappa shape index (κ1) is 10.3. The van der Waals surface area contributed by atoms with Crippen molar-refractivity contribution in [2.45, 2.75) is 38.5 Å². The number of aryl methyl sites for hydroxylation is 1. The van der Waals surface area contributed by atoms with E-state index in [0.29, 0.717) is 5.92 Å². The molecule has 0 radical (unpaired) electrons. The number of hydrogen-bond donors (Lipinski definition) is 0. The largest absolute Gasteiger partial charge is 0.291 e. The van der Waals surface area contributed by atoms with Gasteiger partial charge in [0.15, 0.2) is 0 Å². The molecule has 1 saturated carbocycles. The lowest BCUT2D eigenvalue weighted by atomic mass is 10.1. The van der Waals surface area contributed by atoms with E-state index < -0.39 is 0 Å². The van der Waals surface area contributed by atoms with E-state index in [-0.39, 0.29) is 0 Å². The van der Waals surface area contributed by atoms with E-state index in [4.69, 9.17) is 4.98 Å². The molecule has 2 nitrogen and oxygen atoms in total. The van der Waals surface area contributed by atoms with Crippen LogP contribution in [0.15, 0.2) is 22.8 Å². The molecule has 0 spiro atoms. The Bertz CT molecular complexity index is 524. The molecule has 1 fully saturated rings. The quantitative estimate of drug-likeness (QED) is 0.769. The minimum Gasteiger partial charge on any atom is -0.291 e. The molecule has 2 heterocycles. The van der Waals surface area contributed by atoms with Gasteiger partial charge in [-0.15, -0.1) is 0 Å². The van der Waals surface area contributed by atoms with Crippen LogP contribution < -0.4 is 0 Å². The fraction of sp³-hybridized carbons (Fsp3) is 0.462. The van der Waals surface area contributed by atoms with Crippen molar-refractivity contribution in [1.82, 2.24) is 9.38 Å². The van der Waals surface area contributed by atoms with Crippen molar-refractivity contribution in [3.63, 3.8) is 0 Å². The van der Waals surface area contributed by atoms with Crippen LogP contribution >= 0.6 is 15.9 Å². The Labute approximate surface area is 104 Å². The maximum Gasteiger partial charge on any atom is 0.138 e. The average Bonchev–Trinajstić information content (AvgIpc) is 2.86. The van der Waals surface area contributed by atoms with Crippen LogP contribution in [-0.2, 0) is 0 Å². The summed E-state index contributed by atoms with van der Waals surface area (Å²) in [6.07, 6.45) is 5.29. The monoisotopic (exact) mass is 278 g/mol. The van der Waals surface area contributed by atoms with Gasteiger partial charge in [-0.3, -0.25) is 4.40 Å². The van der Waals surface area contributed by atoms with Crippen LogP contribution in [0.3, 0.4) is 0 Å². The first-order valence-electron chi connectivity index (χ1n) is 5.91. The minimum absolute atomic E-state index is 0.661. The second-order valence-electron chi connectivity index (χ2n) is 4.63. The molecule has 1 aliphatic carbocycles. The van der Waals surface area contributed by atoms with Crippen LogP contribution in [0.25, 0.3) is 5.65 Å². The van der Waals surface area contributed by atoms with Gasteiger partial charge in [0.25, 0.3) is 0 Å². The molecule has 2 aromatic rings. The summed E-state index contributed by atoms with van der Waals surface area (Å²) in [7, 11) is 0. The number of imidazole rings is 1. The van der Waals surface area contributed by atoms with Crippen molar-refractivity contribution in [2.24, 2.45) is 0 Å². The predicted octanol–water partition coefficient (Wildman–Crippen LogP) is 4.06. The summed E-state index contributed by atoms with van der Waals surface area (Å²) in [4.78, 5) is 4.77. The zero-order chi connectivity index (χ0) is 11.1. The molecule has 0 N–H and O–H groups in total. The highest BCUT2D eigenvalue weighted by Crippen LogP contribution is 2.37. The Morgan fingerprint density at radius 3 is 2.75 bits per heavy atom. The third kappa shape index (κ3) is 1.49. The first-order chi connectivity index (χ1) is 7.77. The van der Waals surface area contributed by atoms with Gasteiger partial charge in [-0.05, 0) is 47.8 Å². The van der Waals surface area contributed by atoms with Gasteiger partial charge in [0.1, 0.15) is 10.3 Å². The van der Waals surface area contributed by atoms with Gasteiger partial charge in [0, 0.05) is 11.6 Å². The maximum absolute atomic E-state index is 4.77. The normalized spacial score (nSPS) is 17.4. The van der Waals surface area contributed by atoms with Gasteiger partial charge in [-0.25, -0.2) is 4.98 Å². The number of aromatic nitrogens is 2. The SMILES string of the molecule is Cc1cccc2nc(C3CCCC3)c(Br)n12. The Morgan fingerprint density at radius 2 is 2.06 bits per heavy atom. The fourth-order valence-corrected chi connectivity index (χ4v) is 3.56. The number of nitrogens with zero attached hydrogens (tertiary/aromatic N) is 2. The topological polar surface area (TPSA) is 17.3 Å². The Hall–Kier alpha value is -0.830. The van der Waals surface area contributed by atoms with E-state index in [1.54, 1.807) is 0 Å². The molecule has 0 unspecified atom stereocenters. The number of rotatable bonds is 1. The lowest BCUT2D eigenvalue weighted by molar-refractivity contribution is 0.698. The van der Waals surface area contributed by atoms with Gasteiger partial charge in [0.05, 0.1) is 5.69 Å². The molecule has 0 bridgehead atoms. The summed E-state index contributed by atoms with van der Waals surface area (Å²) in [5, 5.41) is 0. The molecule has 0 atom stereocenters. The van der Waals surface area contributed by atoms with Crippen LogP contribution in [0.4, 0.5) is 0 Å². The molecule has 2 aromatic heterocycles. The predicted molar refractivity (Wildman–Crippen MR) is 68.8 cm³/mol. The Morgan fingerprint density at radius 1 is 1.31 bits per heavy atom. The smallest absolute Gasteiger partial charge is 0.138 e. The van der Waals surface area contributed by atoms with Crippen LogP contribution in [0.2, 0.25) is 0 Å². The molecule has 3 rings (SSSR count). The second-order valence-corrected chi connectivity index (χ2v) is 5.38. The zero-order valence-corrected chi connectivity index (χ0v) is 11.0. The molecule has 0 saturated heterocycles. The number of halogens is 1. The number of hydrogen-bond acceptors (Lipinski definition) is 1. The maximum atomic E-state index is 4.77. The Kier molecular flexibility index (Phi) is 2.51. The third-order valence-corrected chi connectivity index (χ3v) is 4.31. The molecule has 0 aromatic carbocycles. The fourth-order valence-electron chi connectivity index (χ4n) is 2.69. The lowest BCUT2D eigenvalue weighted by Crippen LogP contribution is -1.94. The summed E-state index contributed by atoms with van der Waals surface area (Å²) in [6.45, 7) is 2.12. The molecule has 0 amide bonds. The molecule has 0 aliphatic heterocycles. The van der Waals surface area contributed by atoms with E-state index >= 15 is 0 Å². The van der Waals surface area contributed by atoms with Crippen LogP contribution in [0.1, 0.15) is 43.0 Å². The molecular formula is C13H15BrN2. The third-order valence-electron chi connectivity index (χ3n) is 3.55. The van der Waals surface area contributed by atoms with E-state index in [2.05, 4.69) is 45.5 Å². The second kappa shape index (κ2) is 3.88. The van der Waals surface area contributed by atoms with Crippen LogP contribution in [0.5, 0.6) is 0 Å². The van der Waals surface area contributed by atoms with Crippen molar-refractivity contribution in [2.75, 3.05) is 0 Å². The van der Waals surface area contributed by atoms with Crippen molar-refractivity contribution >= 4 is 21.6 Å². The van der Waals surface area contributed by atoms with E-state index in [9.17, 15) is 0 Å². The summed E-state index contributed by atoms with van der Waals surface area (Å²) in [5.74, 6) is 0.661. The van der Waals surface area contributed by atoms with Gasteiger partial charge >= 0.3 is 0 Å². The lowest BCUT2D eigenvalue weighted by Gasteiger charge is -2.05. The summed E-state index contributed by atoms with van der Waals surface area (Å²) >= 11 is 3.71. The number of pyridine rings is 1. The molecule has 84 valence electrons. The van der Waals surface area contributed by atoms with Gasteiger partial charge < -0.3 is 0 Å². The Balaban J connectivity index is 2.19. The molecule has 16 heavy (non-hydrogen) atoms. The van der Waals surface area contributed by atoms with Crippen LogP contribution in [0, 0.1) is 6.92 Å². The highest BCUT2D eigenvalue weighted by Gasteiger charge is 2.23. The molecular weight excluding hydrogens is 264 g/mol. The standard InChI is InChI=1S/C13H15BrN2/c1-9-5-4-8-11-15-12(13(14)16(9)11)10-6-2-3-7-10/h4-5,8,10H,2-3,6-7H2,1H3. The van der Waals surface area contributed by atoms with E-state index in [1.807, 2.05) is 0 Å². The van der Waals surface area contributed by atoms with E-state index in [0.717, 1.165) is 10.3 Å². The van der Waals surface area contributed by atoms with Crippen molar-refractivity contribution in [3.05, 3.63) is 34.2 Å². The van der Waals surface area contributed by atoms with Gasteiger partial charge in [-0.1, -0.05) is 18.9 Å². The number of fused-ring (bicyclic) bond motifs is 1. The summed E-state index contributed by atoms with van der Waals surface area (Å²) in [6, 6.07) is 6.27. The van der Waals surface area contributed by atoms with Crippen molar-refractivity contribution in [3.8, 4) is 0 Å². The zero-order valence-electron chi connectivity index (χ0n) is 9.41. The van der Waals surface area contributed by atoms with Gasteiger partial charge in [-0.2, -0.15) is 0 Å². The molecule has 3 heteroatoms. The summed E-state index contributed by atoms with van der Waals surface area (Å²) < 4.78 is 3.36. The molecule has 1 aliphatic rings. The van der Waals surface area contributed by atoms with Crippen LogP contribution in [-0.4, -0.2) is 9.38 Å².